The molecule has 0 bridgehead atoms. The van der Waals surface area contributed by atoms with Crippen molar-refractivity contribution in [1.82, 2.24) is 14.5 Å². The lowest BCUT2D eigenvalue weighted by Crippen LogP contribution is -2.35. The zero-order valence-electron chi connectivity index (χ0n) is 20.6. The first kappa shape index (κ1) is 25.3. The van der Waals surface area contributed by atoms with Crippen molar-refractivity contribution in [3.63, 3.8) is 0 Å². The van der Waals surface area contributed by atoms with Crippen molar-refractivity contribution in [2.75, 3.05) is 18.5 Å². The first-order chi connectivity index (χ1) is 17.4. The molecule has 1 unspecified atom stereocenters. The number of carbonyl (C=O) groups excluding carboxylic acids is 2. The van der Waals surface area contributed by atoms with Gasteiger partial charge in [-0.1, -0.05) is 19.1 Å². The molecular weight excluding hydrogens is 478 g/mol. The summed E-state index contributed by atoms with van der Waals surface area (Å²) < 4.78 is 12.8. The Labute approximate surface area is 214 Å². The van der Waals surface area contributed by atoms with Crippen molar-refractivity contribution in [2.45, 2.75) is 45.8 Å². The van der Waals surface area contributed by atoms with E-state index in [1.807, 2.05) is 45.2 Å². The standard InChI is InChI=1S/C26H29N5O4S/c1-4-34-20-7-5-6-18(11-20)17(2)10-24(32)29-25-22(12-27)21-8-9-31(14-23(21)36-25)26(33)35-15-19-13-28-16-30(19)3/h5-7,11,13,16-17H,4,8-10,14-15H2,1-3H3,(H,29,32). The van der Waals surface area contributed by atoms with Gasteiger partial charge in [0.25, 0.3) is 0 Å². The lowest BCUT2D eigenvalue weighted by Gasteiger charge is -2.26. The van der Waals surface area contributed by atoms with E-state index in [0.717, 1.165) is 27.4 Å². The molecular formula is C26H29N5O4S. The van der Waals surface area contributed by atoms with Crippen LogP contribution in [0.1, 0.15) is 53.4 Å². The van der Waals surface area contributed by atoms with Crippen LogP contribution in [0, 0.1) is 11.3 Å². The van der Waals surface area contributed by atoms with Crippen molar-refractivity contribution >= 4 is 28.3 Å². The molecule has 188 valence electrons. The predicted molar refractivity (Wildman–Crippen MR) is 136 cm³/mol. The highest BCUT2D eigenvalue weighted by Gasteiger charge is 2.28. The second-order valence-electron chi connectivity index (χ2n) is 8.70. The molecule has 2 aromatic heterocycles. The van der Waals surface area contributed by atoms with Crippen molar-refractivity contribution < 1.29 is 19.1 Å². The summed E-state index contributed by atoms with van der Waals surface area (Å²) >= 11 is 1.35. The summed E-state index contributed by atoms with van der Waals surface area (Å²) in [7, 11) is 1.84. The number of rotatable bonds is 8. The molecule has 1 aliphatic heterocycles. The van der Waals surface area contributed by atoms with E-state index >= 15 is 0 Å². The van der Waals surface area contributed by atoms with Gasteiger partial charge in [0.05, 0.1) is 36.9 Å². The van der Waals surface area contributed by atoms with E-state index in [4.69, 9.17) is 9.47 Å². The second-order valence-corrected chi connectivity index (χ2v) is 9.81. The van der Waals surface area contributed by atoms with Crippen LogP contribution >= 0.6 is 11.3 Å². The quantitative estimate of drug-likeness (QED) is 0.478. The van der Waals surface area contributed by atoms with Gasteiger partial charge in [-0.05, 0) is 42.5 Å². The van der Waals surface area contributed by atoms with Crippen molar-refractivity contribution in [2.24, 2.45) is 7.05 Å². The summed E-state index contributed by atoms with van der Waals surface area (Å²) in [6.45, 7) is 5.43. The predicted octanol–water partition coefficient (Wildman–Crippen LogP) is 4.58. The summed E-state index contributed by atoms with van der Waals surface area (Å²) in [4.78, 5) is 32.0. The third-order valence-corrected chi connectivity index (χ3v) is 7.30. The maximum absolute atomic E-state index is 12.8. The molecule has 0 saturated heterocycles. The van der Waals surface area contributed by atoms with Gasteiger partial charge in [-0.3, -0.25) is 4.79 Å². The van der Waals surface area contributed by atoms with Gasteiger partial charge < -0.3 is 24.3 Å². The number of benzene rings is 1. The number of nitriles is 1. The van der Waals surface area contributed by atoms with Gasteiger partial charge in [-0.25, -0.2) is 9.78 Å². The first-order valence-corrected chi connectivity index (χ1v) is 12.6. The minimum Gasteiger partial charge on any atom is -0.494 e. The first-order valence-electron chi connectivity index (χ1n) is 11.8. The summed E-state index contributed by atoms with van der Waals surface area (Å²) in [5.74, 6) is 0.602. The van der Waals surface area contributed by atoms with E-state index in [2.05, 4.69) is 16.4 Å². The number of nitrogens with zero attached hydrogens (tertiary/aromatic N) is 4. The highest BCUT2D eigenvalue weighted by Crippen LogP contribution is 2.37. The molecule has 0 fully saturated rings. The smallest absolute Gasteiger partial charge is 0.410 e. The molecule has 3 heterocycles. The van der Waals surface area contributed by atoms with Gasteiger partial charge in [-0.15, -0.1) is 11.3 Å². The van der Waals surface area contributed by atoms with Gasteiger partial charge in [-0.2, -0.15) is 5.26 Å². The number of thiophene rings is 1. The molecule has 0 aliphatic carbocycles. The number of anilines is 1. The number of amides is 2. The number of aryl methyl sites for hydroxylation is 1. The van der Waals surface area contributed by atoms with Gasteiger partial charge in [0.15, 0.2) is 0 Å². The molecule has 4 rings (SSSR count). The van der Waals surface area contributed by atoms with E-state index < -0.39 is 6.09 Å². The summed E-state index contributed by atoms with van der Waals surface area (Å²) in [6, 6.07) is 9.99. The lowest BCUT2D eigenvalue weighted by molar-refractivity contribution is -0.116. The molecule has 9 nitrogen and oxygen atoms in total. The Morgan fingerprint density at radius 1 is 1.36 bits per heavy atom. The molecule has 1 atom stereocenters. The zero-order chi connectivity index (χ0) is 25.7. The average Bonchev–Trinajstić information content (AvgIpc) is 3.44. The van der Waals surface area contributed by atoms with Gasteiger partial charge in [0, 0.05) is 24.9 Å². The Bertz CT molecular complexity index is 1290. The fraction of sp³-hybridized carbons (Fsp3) is 0.385. The number of nitrogens with one attached hydrogen (secondary N) is 1. The third-order valence-electron chi connectivity index (χ3n) is 6.17. The minimum atomic E-state index is -0.414. The molecule has 0 spiro atoms. The van der Waals surface area contributed by atoms with Crippen molar-refractivity contribution in [3.8, 4) is 11.8 Å². The Morgan fingerprint density at radius 2 is 2.19 bits per heavy atom. The summed E-state index contributed by atoms with van der Waals surface area (Å²) in [5.41, 5.74) is 3.19. The monoisotopic (exact) mass is 507 g/mol. The lowest BCUT2D eigenvalue weighted by atomic mass is 9.97. The number of hydrogen-bond acceptors (Lipinski definition) is 7. The summed E-state index contributed by atoms with van der Waals surface area (Å²) in [6.07, 6.45) is 3.70. The fourth-order valence-electron chi connectivity index (χ4n) is 4.17. The normalized spacial score (nSPS) is 13.4. The van der Waals surface area contributed by atoms with Crippen LogP contribution in [0.4, 0.5) is 9.80 Å². The van der Waals surface area contributed by atoms with Crippen LogP contribution in [0.25, 0.3) is 0 Å². The Morgan fingerprint density at radius 3 is 2.92 bits per heavy atom. The number of fused-ring (bicyclic) bond motifs is 1. The van der Waals surface area contributed by atoms with E-state index in [-0.39, 0.29) is 24.9 Å². The molecule has 36 heavy (non-hydrogen) atoms. The number of imidazole rings is 1. The van der Waals surface area contributed by atoms with Gasteiger partial charge in [0.1, 0.15) is 23.4 Å². The van der Waals surface area contributed by atoms with Crippen molar-refractivity contribution in [1.29, 1.82) is 5.26 Å². The van der Waals surface area contributed by atoms with Crippen LogP contribution in [-0.2, 0) is 36.2 Å². The van der Waals surface area contributed by atoms with Crippen LogP contribution in [0.15, 0.2) is 36.8 Å². The van der Waals surface area contributed by atoms with Crippen LogP contribution in [0.3, 0.4) is 0 Å². The SMILES string of the molecule is CCOc1cccc(C(C)CC(=O)Nc2sc3c(c2C#N)CCN(C(=O)OCc2cncn2C)C3)c1. The van der Waals surface area contributed by atoms with Crippen LogP contribution in [-0.4, -0.2) is 39.6 Å². The Hall–Kier alpha value is -3.84. The second kappa shape index (κ2) is 11.3. The molecule has 1 N–H and O–H groups in total. The Balaban J connectivity index is 1.38. The van der Waals surface area contributed by atoms with E-state index in [1.54, 1.807) is 22.0 Å². The van der Waals surface area contributed by atoms with Crippen LogP contribution < -0.4 is 10.1 Å². The number of carbonyl (C=O) groups is 2. The zero-order valence-corrected chi connectivity index (χ0v) is 21.4. The highest BCUT2D eigenvalue weighted by atomic mass is 32.1. The van der Waals surface area contributed by atoms with Gasteiger partial charge >= 0.3 is 6.09 Å². The number of hydrogen-bond donors (Lipinski definition) is 1. The number of aromatic nitrogens is 2. The molecule has 3 aromatic rings. The van der Waals surface area contributed by atoms with E-state index in [9.17, 15) is 14.9 Å². The average molecular weight is 508 g/mol. The van der Waals surface area contributed by atoms with E-state index in [1.165, 1.54) is 11.3 Å². The van der Waals surface area contributed by atoms with Crippen LogP contribution in [0.5, 0.6) is 5.75 Å². The molecule has 10 heteroatoms. The minimum absolute atomic E-state index is 0.0183. The Kier molecular flexibility index (Phi) is 7.90. The maximum Gasteiger partial charge on any atom is 0.410 e. The molecule has 0 radical (unpaired) electrons. The number of ether oxygens (including phenoxy) is 2. The summed E-state index contributed by atoms with van der Waals surface area (Å²) in [5, 5.41) is 13.3. The molecule has 1 aliphatic rings. The van der Waals surface area contributed by atoms with Gasteiger partial charge in [0.2, 0.25) is 5.91 Å². The molecule has 1 aromatic carbocycles. The largest absolute Gasteiger partial charge is 0.494 e. The van der Waals surface area contributed by atoms with E-state index in [0.29, 0.717) is 36.7 Å². The maximum atomic E-state index is 12.8. The highest BCUT2D eigenvalue weighted by molar-refractivity contribution is 7.16. The topological polar surface area (TPSA) is 109 Å². The molecule has 0 saturated carbocycles. The third kappa shape index (κ3) is 5.69. The van der Waals surface area contributed by atoms with Crippen molar-refractivity contribution in [3.05, 3.63) is 64.1 Å². The molecule has 2 amide bonds. The fourth-order valence-corrected chi connectivity index (χ4v) is 5.40. The van der Waals surface area contributed by atoms with Crippen LogP contribution in [0.2, 0.25) is 0 Å².